The molecule has 2 saturated heterocycles. The number of benzene rings is 1. The molecule has 0 bridgehead atoms. The Hall–Kier alpha value is -2.44. The van der Waals surface area contributed by atoms with Crippen molar-refractivity contribution in [1.29, 1.82) is 0 Å². The Kier molecular flexibility index (Phi) is 4.10. The van der Waals surface area contributed by atoms with E-state index in [4.69, 9.17) is 9.47 Å². The first kappa shape index (κ1) is 16.7. The Morgan fingerprint density at radius 2 is 1.81 bits per heavy atom. The zero-order valence-electron chi connectivity index (χ0n) is 15.3. The van der Waals surface area contributed by atoms with Gasteiger partial charge in [-0.3, -0.25) is 9.78 Å². The number of carbonyl (C=O) groups excluding carboxylic acids is 1. The first-order valence-electron chi connectivity index (χ1n) is 9.62. The Bertz CT molecular complexity index is 853. The second-order valence-electron chi connectivity index (χ2n) is 7.36. The predicted octanol–water partition coefficient (Wildman–Crippen LogP) is 2.75. The van der Waals surface area contributed by atoms with E-state index in [-0.39, 0.29) is 5.91 Å². The third-order valence-corrected chi connectivity index (χ3v) is 5.80. The monoisotopic (exact) mass is 365 g/mol. The van der Waals surface area contributed by atoms with Crippen LogP contribution in [0.15, 0.2) is 42.7 Å². The lowest BCUT2D eigenvalue weighted by atomic mass is 10.0. The Labute approximate surface area is 158 Å². The van der Waals surface area contributed by atoms with Gasteiger partial charge in [-0.1, -0.05) is 18.2 Å². The van der Waals surface area contributed by atoms with Gasteiger partial charge in [0.05, 0.1) is 30.7 Å². The van der Waals surface area contributed by atoms with Crippen molar-refractivity contribution in [1.82, 2.24) is 9.88 Å². The molecule has 0 radical (unpaired) electrons. The summed E-state index contributed by atoms with van der Waals surface area (Å²) >= 11 is 0. The standard InChI is InChI=1S/C21H23N3O3/c25-20(23-9-6-21(7-10-23)26-11-12-27-21)17-13-18(15-22-14-17)24-8-5-16-3-1-2-4-19(16)24/h1-4,13-15H,5-12H2. The van der Waals surface area contributed by atoms with E-state index < -0.39 is 5.79 Å². The molecule has 6 nitrogen and oxygen atoms in total. The molecule has 2 fully saturated rings. The second kappa shape index (κ2) is 6.62. The van der Waals surface area contributed by atoms with Crippen LogP contribution in [0, 0.1) is 0 Å². The van der Waals surface area contributed by atoms with Crippen LogP contribution in [0.25, 0.3) is 0 Å². The van der Waals surface area contributed by atoms with Crippen molar-refractivity contribution in [2.45, 2.75) is 25.0 Å². The molecule has 3 aliphatic heterocycles. The van der Waals surface area contributed by atoms with E-state index >= 15 is 0 Å². The van der Waals surface area contributed by atoms with E-state index in [1.165, 1.54) is 11.3 Å². The van der Waals surface area contributed by atoms with Crippen molar-refractivity contribution in [3.63, 3.8) is 0 Å². The predicted molar refractivity (Wildman–Crippen MR) is 101 cm³/mol. The van der Waals surface area contributed by atoms with Crippen LogP contribution in [0.2, 0.25) is 0 Å². The molecule has 1 spiro atoms. The van der Waals surface area contributed by atoms with Gasteiger partial charge in [-0.15, -0.1) is 0 Å². The third kappa shape index (κ3) is 2.99. The van der Waals surface area contributed by atoms with Gasteiger partial charge in [0.15, 0.2) is 5.79 Å². The van der Waals surface area contributed by atoms with Crippen molar-refractivity contribution in [2.24, 2.45) is 0 Å². The fraction of sp³-hybridized carbons (Fsp3) is 0.429. The van der Waals surface area contributed by atoms with Crippen LogP contribution in [0.5, 0.6) is 0 Å². The Morgan fingerprint density at radius 3 is 2.63 bits per heavy atom. The molecule has 1 amide bonds. The molecule has 0 atom stereocenters. The maximum atomic E-state index is 13.0. The number of para-hydroxylation sites is 1. The smallest absolute Gasteiger partial charge is 0.255 e. The van der Waals surface area contributed by atoms with E-state index in [9.17, 15) is 4.79 Å². The summed E-state index contributed by atoms with van der Waals surface area (Å²) in [4.78, 5) is 21.5. The quantitative estimate of drug-likeness (QED) is 0.819. The number of piperidine rings is 1. The lowest BCUT2D eigenvalue weighted by Crippen LogP contribution is -2.47. The van der Waals surface area contributed by atoms with Crippen LogP contribution in [0.4, 0.5) is 11.4 Å². The van der Waals surface area contributed by atoms with Gasteiger partial charge in [0.2, 0.25) is 0 Å². The molecule has 27 heavy (non-hydrogen) atoms. The minimum Gasteiger partial charge on any atom is -0.347 e. The van der Waals surface area contributed by atoms with Gasteiger partial charge >= 0.3 is 0 Å². The van der Waals surface area contributed by atoms with E-state index in [2.05, 4.69) is 34.1 Å². The Balaban J connectivity index is 1.33. The number of amides is 1. The van der Waals surface area contributed by atoms with Crippen molar-refractivity contribution in [3.8, 4) is 0 Å². The summed E-state index contributed by atoms with van der Waals surface area (Å²) in [5.74, 6) is -0.430. The third-order valence-electron chi connectivity index (χ3n) is 5.80. The number of carbonyl (C=O) groups is 1. The lowest BCUT2D eigenvalue weighted by molar-refractivity contribution is -0.181. The highest BCUT2D eigenvalue weighted by Gasteiger charge is 2.41. The SMILES string of the molecule is O=C(c1cncc(N2CCc3ccccc32)c1)N1CCC2(CC1)OCCO2. The van der Waals surface area contributed by atoms with Gasteiger partial charge in [0.1, 0.15) is 0 Å². The number of hydrogen-bond acceptors (Lipinski definition) is 5. The number of pyridine rings is 1. The summed E-state index contributed by atoms with van der Waals surface area (Å²) in [6.45, 7) is 3.51. The Morgan fingerprint density at radius 1 is 1.04 bits per heavy atom. The summed E-state index contributed by atoms with van der Waals surface area (Å²) < 4.78 is 11.5. The number of ether oxygens (including phenoxy) is 2. The van der Waals surface area contributed by atoms with E-state index in [1.54, 1.807) is 6.20 Å². The number of fused-ring (bicyclic) bond motifs is 1. The zero-order chi connectivity index (χ0) is 18.3. The largest absolute Gasteiger partial charge is 0.347 e. The van der Waals surface area contributed by atoms with Crippen LogP contribution >= 0.6 is 0 Å². The topological polar surface area (TPSA) is 54.9 Å². The molecule has 1 aromatic carbocycles. The van der Waals surface area contributed by atoms with Gasteiger partial charge < -0.3 is 19.3 Å². The molecular weight excluding hydrogens is 342 g/mol. The molecule has 6 heteroatoms. The van der Waals surface area contributed by atoms with Gasteiger partial charge in [0, 0.05) is 44.4 Å². The van der Waals surface area contributed by atoms with E-state index in [0.29, 0.717) is 31.9 Å². The van der Waals surface area contributed by atoms with E-state index in [0.717, 1.165) is 31.5 Å². The van der Waals surface area contributed by atoms with Gasteiger partial charge in [0.25, 0.3) is 5.91 Å². The summed E-state index contributed by atoms with van der Waals surface area (Å²) in [6.07, 6.45) is 5.98. The minimum atomic E-state index is -0.462. The molecular formula is C21H23N3O3. The summed E-state index contributed by atoms with van der Waals surface area (Å²) in [5.41, 5.74) is 4.16. The zero-order valence-corrected chi connectivity index (χ0v) is 15.3. The van der Waals surface area contributed by atoms with Crippen LogP contribution in [-0.4, -0.2) is 54.4 Å². The molecule has 140 valence electrons. The normalized spacial score (nSPS) is 20.9. The first-order chi connectivity index (χ1) is 13.2. The number of nitrogens with zero attached hydrogens (tertiary/aromatic N) is 3. The molecule has 0 aliphatic carbocycles. The molecule has 3 aliphatic rings. The van der Waals surface area contributed by atoms with Crippen LogP contribution in [-0.2, 0) is 15.9 Å². The molecule has 4 heterocycles. The molecule has 0 unspecified atom stereocenters. The van der Waals surface area contributed by atoms with Crippen molar-refractivity contribution in [3.05, 3.63) is 53.9 Å². The number of rotatable bonds is 2. The minimum absolute atomic E-state index is 0.0321. The highest BCUT2D eigenvalue weighted by Crippen LogP contribution is 2.35. The fourth-order valence-electron chi connectivity index (χ4n) is 4.32. The van der Waals surface area contributed by atoms with Crippen molar-refractivity contribution >= 4 is 17.3 Å². The van der Waals surface area contributed by atoms with Gasteiger partial charge in [-0.05, 0) is 24.1 Å². The van der Waals surface area contributed by atoms with Crippen LogP contribution in [0.3, 0.4) is 0 Å². The molecule has 5 rings (SSSR count). The molecule has 0 N–H and O–H groups in total. The van der Waals surface area contributed by atoms with E-state index in [1.807, 2.05) is 17.2 Å². The number of anilines is 2. The first-order valence-corrected chi connectivity index (χ1v) is 9.62. The van der Waals surface area contributed by atoms with Gasteiger partial charge in [-0.2, -0.15) is 0 Å². The average Bonchev–Trinajstić information content (AvgIpc) is 3.35. The number of likely N-dealkylation sites (tertiary alicyclic amines) is 1. The average molecular weight is 365 g/mol. The number of hydrogen-bond donors (Lipinski definition) is 0. The van der Waals surface area contributed by atoms with Crippen molar-refractivity contribution < 1.29 is 14.3 Å². The summed E-state index contributed by atoms with van der Waals surface area (Å²) in [5, 5.41) is 0. The van der Waals surface area contributed by atoms with Gasteiger partial charge in [-0.25, -0.2) is 0 Å². The fourth-order valence-corrected chi connectivity index (χ4v) is 4.32. The molecule has 0 saturated carbocycles. The lowest BCUT2D eigenvalue weighted by Gasteiger charge is -2.37. The molecule has 2 aromatic rings. The van der Waals surface area contributed by atoms with Crippen LogP contribution < -0.4 is 4.90 Å². The highest BCUT2D eigenvalue weighted by molar-refractivity contribution is 5.95. The highest BCUT2D eigenvalue weighted by atomic mass is 16.7. The maximum Gasteiger partial charge on any atom is 0.255 e. The van der Waals surface area contributed by atoms with Crippen molar-refractivity contribution in [2.75, 3.05) is 37.7 Å². The van der Waals surface area contributed by atoms with Crippen LogP contribution in [0.1, 0.15) is 28.8 Å². The summed E-state index contributed by atoms with van der Waals surface area (Å²) in [6, 6.07) is 10.4. The second-order valence-corrected chi connectivity index (χ2v) is 7.36. The number of aromatic nitrogens is 1. The maximum absolute atomic E-state index is 13.0. The molecule has 1 aromatic heterocycles. The summed E-state index contributed by atoms with van der Waals surface area (Å²) in [7, 11) is 0.